The third kappa shape index (κ3) is 2.85. The fourth-order valence-electron chi connectivity index (χ4n) is 5.65. The van der Waals surface area contributed by atoms with Crippen LogP contribution in [0.25, 0.3) is 5.57 Å². The van der Waals surface area contributed by atoms with Gasteiger partial charge in [-0.15, -0.1) is 0 Å². The number of fused-ring (bicyclic) bond motifs is 5. The van der Waals surface area contributed by atoms with Crippen molar-refractivity contribution in [3.63, 3.8) is 0 Å². The second-order valence-electron chi connectivity index (χ2n) is 8.54. The Bertz CT molecular complexity index is 1200. The van der Waals surface area contributed by atoms with Crippen LogP contribution in [0.2, 0.25) is 0 Å². The van der Waals surface area contributed by atoms with Crippen LogP contribution in [0.1, 0.15) is 11.1 Å². The molecule has 6 rings (SSSR count). The lowest BCUT2D eigenvalue weighted by atomic mass is 9.85. The van der Waals surface area contributed by atoms with E-state index in [1.54, 1.807) is 0 Å². The molecule has 1 saturated carbocycles. The van der Waals surface area contributed by atoms with Gasteiger partial charge in [0, 0.05) is 15.4 Å². The number of hydrogen-bond donors (Lipinski definition) is 0. The number of amides is 2. The van der Waals surface area contributed by atoms with Crippen LogP contribution in [0.3, 0.4) is 0 Å². The molecule has 2 bridgehead atoms. The van der Waals surface area contributed by atoms with E-state index in [9.17, 15) is 9.59 Å². The summed E-state index contributed by atoms with van der Waals surface area (Å²) in [5.41, 5.74) is 5.29. The molecule has 2 aliphatic carbocycles. The van der Waals surface area contributed by atoms with Crippen LogP contribution in [0.4, 0.5) is 5.69 Å². The van der Waals surface area contributed by atoms with E-state index in [-0.39, 0.29) is 35.5 Å². The quantitative estimate of drug-likeness (QED) is 0.248. The molecule has 2 fully saturated rings. The zero-order chi connectivity index (χ0) is 21.8. The van der Waals surface area contributed by atoms with E-state index in [0.29, 0.717) is 5.69 Å². The molecule has 0 aromatic heterocycles. The summed E-state index contributed by atoms with van der Waals surface area (Å²) in [6.45, 7) is 0. The van der Waals surface area contributed by atoms with Gasteiger partial charge < -0.3 is 0 Å². The number of carbonyl (C=O) groups is 2. The monoisotopic (exact) mass is 529 g/mol. The lowest BCUT2D eigenvalue weighted by Crippen LogP contribution is -2.33. The van der Waals surface area contributed by atoms with Gasteiger partial charge in [0.15, 0.2) is 0 Å². The van der Waals surface area contributed by atoms with E-state index >= 15 is 0 Å². The summed E-state index contributed by atoms with van der Waals surface area (Å²) in [5.74, 6) is -0.896. The smallest absolute Gasteiger partial charge is 0.238 e. The topological polar surface area (TPSA) is 37.4 Å². The Hall–Kier alpha value is -2.99. The van der Waals surface area contributed by atoms with Gasteiger partial charge in [-0.3, -0.25) is 9.59 Å². The predicted octanol–water partition coefficient (Wildman–Crippen LogP) is 5.71. The molecular weight excluding hydrogens is 509 g/mol. The molecule has 4 unspecified atom stereocenters. The Morgan fingerprint density at radius 3 is 1.59 bits per heavy atom. The molecule has 0 N–H and O–H groups in total. The van der Waals surface area contributed by atoms with E-state index < -0.39 is 0 Å². The highest BCUT2D eigenvalue weighted by atomic mass is 127. The third-order valence-electron chi connectivity index (χ3n) is 6.91. The molecule has 0 radical (unpaired) electrons. The van der Waals surface area contributed by atoms with Crippen molar-refractivity contribution in [3.05, 3.63) is 117 Å². The molecule has 3 aromatic carbocycles. The van der Waals surface area contributed by atoms with Gasteiger partial charge in [-0.05, 0) is 69.1 Å². The Morgan fingerprint density at radius 2 is 1.12 bits per heavy atom. The van der Waals surface area contributed by atoms with Crippen LogP contribution in [-0.4, -0.2) is 11.8 Å². The summed E-state index contributed by atoms with van der Waals surface area (Å²) >= 11 is 2.23. The first-order valence-electron chi connectivity index (χ1n) is 10.8. The van der Waals surface area contributed by atoms with Crippen molar-refractivity contribution < 1.29 is 9.59 Å². The maximum absolute atomic E-state index is 13.6. The lowest BCUT2D eigenvalue weighted by Gasteiger charge is -2.21. The largest absolute Gasteiger partial charge is 0.274 e. The third-order valence-corrected chi connectivity index (χ3v) is 7.63. The normalized spacial score (nSPS) is 25.5. The Balaban J connectivity index is 1.48. The van der Waals surface area contributed by atoms with Gasteiger partial charge in [-0.2, -0.15) is 0 Å². The van der Waals surface area contributed by atoms with Crippen molar-refractivity contribution in [2.75, 3.05) is 4.90 Å². The van der Waals surface area contributed by atoms with Crippen molar-refractivity contribution >= 4 is 45.7 Å². The zero-order valence-electron chi connectivity index (χ0n) is 17.2. The van der Waals surface area contributed by atoms with E-state index in [4.69, 9.17) is 0 Å². The minimum Gasteiger partial charge on any atom is -0.274 e. The summed E-state index contributed by atoms with van der Waals surface area (Å²) in [6.07, 6.45) is 4.30. The molecule has 0 spiro atoms. The van der Waals surface area contributed by atoms with E-state index in [0.717, 1.165) is 20.3 Å². The minimum absolute atomic E-state index is 0.0503. The molecule has 3 aliphatic rings. The summed E-state index contributed by atoms with van der Waals surface area (Å²) in [5, 5.41) is 0. The maximum atomic E-state index is 13.6. The first kappa shape index (κ1) is 19.7. The second-order valence-corrected chi connectivity index (χ2v) is 9.78. The van der Waals surface area contributed by atoms with Gasteiger partial charge in [0.25, 0.3) is 0 Å². The average Bonchev–Trinajstić information content (AvgIpc) is 3.46. The number of halogens is 1. The number of rotatable bonds is 3. The Kier molecular flexibility index (Phi) is 4.65. The Labute approximate surface area is 200 Å². The molecule has 3 aromatic rings. The van der Waals surface area contributed by atoms with Crippen LogP contribution in [0.15, 0.2) is 103 Å². The molecule has 2 amide bonds. The minimum atomic E-state index is -0.325. The predicted molar refractivity (Wildman–Crippen MR) is 134 cm³/mol. The Morgan fingerprint density at radius 1 is 0.656 bits per heavy atom. The highest BCUT2D eigenvalue weighted by molar-refractivity contribution is 14.1. The van der Waals surface area contributed by atoms with Gasteiger partial charge >= 0.3 is 0 Å². The highest BCUT2D eigenvalue weighted by Crippen LogP contribution is 2.58. The number of carbonyl (C=O) groups excluding carboxylic acids is 2. The van der Waals surface area contributed by atoms with Crippen LogP contribution in [-0.2, 0) is 9.59 Å². The fourth-order valence-corrected chi connectivity index (χ4v) is 6.01. The van der Waals surface area contributed by atoms with Gasteiger partial charge in [0.05, 0.1) is 17.5 Å². The number of benzene rings is 3. The molecule has 1 heterocycles. The van der Waals surface area contributed by atoms with Gasteiger partial charge in [-0.1, -0.05) is 72.8 Å². The highest BCUT2D eigenvalue weighted by Gasteiger charge is 2.62. The number of nitrogens with zero attached hydrogens (tertiary/aromatic N) is 1. The molecule has 4 atom stereocenters. The van der Waals surface area contributed by atoms with Crippen molar-refractivity contribution in [3.8, 4) is 0 Å². The van der Waals surface area contributed by atoms with Gasteiger partial charge in [0.1, 0.15) is 0 Å². The van der Waals surface area contributed by atoms with Crippen molar-refractivity contribution in [1.29, 1.82) is 0 Å². The SMILES string of the molecule is O=C1C2C3C=CC(C3=C(c3ccccc3)c3ccccc3)C2C(=O)N1c1ccc(I)cc1. The van der Waals surface area contributed by atoms with Crippen LogP contribution in [0, 0.1) is 27.2 Å². The molecule has 3 nitrogen and oxygen atoms in total. The fraction of sp³-hybridized carbons (Fsp3) is 0.143. The number of imide groups is 1. The van der Waals surface area contributed by atoms with Crippen molar-refractivity contribution in [1.82, 2.24) is 0 Å². The van der Waals surface area contributed by atoms with E-state index in [2.05, 4.69) is 59.0 Å². The van der Waals surface area contributed by atoms with E-state index in [1.165, 1.54) is 10.5 Å². The maximum Gasteiger partial charge on any atom is 0.238 e. The number of hydrogen-bond acceptors (Lipinski definition) is 2. The lowest BCUT2D eigenvalue weighted by molar-refractivity contribution is -0.122. The van der Waals surface area contributed by atoms with Gasteiger partial charge in [-0.25, -0.2) is 4.90 Å². The van der Waals surface area contributed by atoms with E-state index in [1.807, 2.05) is 60.7 Å². The zero-order valence-corrected chi connectivity index (χ0v) is 19.3. The number of anilines is 1. The van der Waals surface area contributed by atoms with Crippen LogP contribution < -0.4 is 4.90 Å². The van der Waals surface area contributed by atoms with Crippen molar-refractivity contribution in [2.24, 2.45) is 23.7 Å². The van der Waals surface area contributed by atoms with Crippen molar-refractivity contribution in [2.45, 2.75) is 0 Å². The molecule has 32 heavy (non-hydrogen) atoms. The molecule has 1 saturated heterocycles. The molecular formula is C28H20INO2. The van der Waals surface area contributed by atoms with Crippen LogP contribution in [0.5, 0.6) is 0 Å². The number of allylic oxidation sites excluding steroid dienone is 3. The summed E-state index contributed by atoms with van der Waals surface area (Å²) < 4.78 is 1.08. The summed E-state index contributed by atoms with van der Waals surface area (Å²) in [4.78, 5) is 28.5. The van der Waals surface area contributed by atoms with Gasteiger partial charge in [0.2, 0.25) is 11.8 Å². The second kappa shape index (κ2) is 7.55. The molecule has 4 heteroatoms. The molecule has 1 aliphatic heterocycles. The first-order valence-corrected chi connectivity index (χ1v) is 11.9. The summed E-state index contributed by atoms with van der Waals surface area (Å²) in [7, 11) is 0. The average molecular weight is 529 g/mol. The summed E-state index contributed by atoms with van der Waals surface area (Å²) in [6, 6.07) is 28.3. The standard InChI is InChI=1S/C28H20INO2/c29-19-11-13-20(14-12-19)30-27(31)25-21-15-16-22(26(25)28(30)32)24(21)23(17-7-3-1-4-8-17)18-9-5-2-6-10-18/h1-16,21-22,25-26H. The molecule has 156 valence electrons. The van der Waals surface area contributed by atoms with Crippen LogP contribution >= 0.6 is 22.6 Å². The first-order chi connectivity index (χ1) is 15.6.